The maximum Gasteiger partial charge on any atom is 0.326 e. The first-order valence-electron chi connectivity index (χ1n) is 5.50. The fraction of sp³-hybridized carbons (Fsp3) is 0.417. The van der Waals surface area contributed by atoms with Crippen LogP contribution in [0.25, 0.3) is 0 Å². The standard InChI is InChI=1S/C12H16N2O3S/c1-8-9(4-3-6-13-8)11(15)14-10(12(16)17)5-7-18-2/h3-4,6,10H,5,7H2,1-2H3,(H,14,15)(H,16,17)/t10-/m0/s1. The summed E-state index contributed by atoms with van der Waals surface area (Å²) in [5.41, 5.74) is 0.997. The average Bonchev–Trinajstić information content (AvgIpc) is 2.34. The van der Waals surface area contributed by atoms with Crippen molar-refractivity contribution in [3.8, 4) is 0 Å². The van der Waals surface area contributed by atoms with Gasteiger partial charge in [0.2, 0.25) is 0 Å². The number of hydrogen-bond donors (Lipinski definition) is 2. The highest BCUT2D eigenvalue weighted by Gasteiger charge is 2.20. The molecule has 0 aliphatic heterocycles. The topological polar surface area (TPSA) is 79.3 Å². The van der Waals surface area contributed by atoms with E-state index in [4.69, 9.17) is 5.11 Å². The Kier molecular flexibility index (Phi) is 5.64. The van der Waals surface area contributed by atoms with Crippen molar-refractivity contribution in [3.05, 3.63) is 29.6 Å². The predicted octanol–water partition coefficient (Wildman–Crippen LogP) is 1.33. The highest BCUT2D eigenvalue weighted by atomic mass is 32.2. The van der Waals surface area contributed by atoms with Crippen LogP contribution in [0.1, 0.15) is 22.5 Å². The minimum Gasteiger partial charge on any atom is -0.480 e. The maximum absolute atomic E-state index is 11.9. The number of thioether (sulfide) groups is 1. The van der Waals surface area contributed by atoms with Gasteiger partial charge in [0.15, 0.2) is 0 Å². The molecule has 0 saturated carbocycles. The Morgan fingerprint density at radius 3 is 2.83 bits per heavy atom. The van der Waals surface area contributed by atoms with Crippen molar-refractivity contribution in [1.29, 1.82) is 0 Å². The Hall–Kier alpha value is -1.56. The lowest BCUT2D eigenvalue weighted by atomic mass is 10.1. The number of nitrogens with one attached hydrogen (secondary N) is 1. The van der Waals surface area contributed by atoms with Crippen LogP contribution in [-0.4, -0.2) is 40.0 Å². The number of hydrogen-bond acceptors (Lipinski definition) is 4. The molecule has 1 heterocycles. The van der Waals surface area contributed by atoms with Gasteiger partial charge in [0.1, 0.15) is 6.04 Å². The number of pyridine rings is 1. The number of aliphatic carboxylic acids is 1. The zero-order chi connectivity index (χ0) is 13.5. The summed E-state index contributed by atoms with van der Waals surface area (Å²) in [4.78, 5) is 26.9. The number of aromatic nitrogens is 1. The lowest BCUT2D eigenvalue weighted by Crippen LogP contribution is -2.41. The molecule has 0 aromatic carbocycles. The Morgan fingerprint density at radius 2 is 2.28 bits per heavy atom. The Morgan fingerprint density at radius 1 is 1.56 bits per heavy atom. The number of carbonyl (C=O) groups excluding carboxylic acids is 1. The van der Waals surface area contributed by atoms with Crippen LogP contribution in [0.4, 0.5) is 0 Å². The molecule has 98 valence electrons. The van der Waals surface area contributed by atoms with E-state index in [1.807, 2.05) is 6.26 Å². The first kappa shape index (κ1) is 14.5. The molecule has 0 aliphatic rings. The Balaban J connectivity index is 2.72. The third-order valence-electron chi connectivity index (χ3n) is 2.47. The van der Waals surface area contributed by atoms with Crippen molar-refractivity contribution in [2.24, 2.45) is 0 Å². The minimum absolute atomic E-state index is 0.394. The SMILES string of the molecule is CSCC[C@H](NC(=O)c1cccnc1C)C(=O)O. The molecule has 2 N–H and O–H groups in total. The molecular formula is C12H16N2O3S. The maximum atomic E-state index is 11.9. The number of nitrogens with zero attached hydrogens (tertiary/aromatic N) is 1. The molecule has 18 heavy (non-hydrogen) atoms. The summed E-state index contributed by atoms with van der Waals surface area (Å²) in [5.74, 6) is -0.725. The summed E-state index contributed by atoms with van der Waals surface area (Å²) >= 11 is 1.55. The number of aryl methyl sites for hydroxylation is 1. The van der Waals surface area contributed by atoms with Crippen LogP contribution < -0.4 is 5.32 Å². The molecule has 0 saturated heterocycles. The summed E-state index contributed by atoms with van der Waals surface area (Å²) in [6.45, 7) is 1.71. The van der Waals surface area contributed by atoms with E-state index in [2.05, 4.69) is 10.3 Å². The van der Waals surface area contributed by atoms with Crippen molar-refractivity contribution in [2.75, 3.05) is 12.0 Å². The summed E-state index contributed by atoms with van der Waals surface area (Å²) in [5, 5.41) is 11.5. The number of carboxylic acids is 1. The van der Waals surface area contributed by atoms with Crippen LogP contribution in [0, 0.1) is 6.92 Å². The second kappa shape index (κ2) is 7.00. The normalized spacial score (nSPS) is 11.9. The van der Waals surface area contributed by atoms with Gasteiger partial charge in [-0.15, -0.1) is 0 Å². The van der Waals surface area contributed by atoms with E-state index in [1.54, 1.807) is 37.0 Å². The number of carbonyl (C=O) groups is 2. The summed E-state index contributed by atoms with van der Waals surface area (Å²) in [7, 11) is 0. The van der Waals surface area contributed by atoms with Crippen molar-refractivity contribution in [1.82, 2.24) is 10.3 Å². The van der Waals surface area contributed by atoms with E-state index in [-0.39, 0.29) is 0 Å². The Bertz CT molecular complexity index is 437. The van der Waals surface area contributed by atoms with Gasteiger partial charge in [0.05, 0.1) is 5.56 Å². The van der Waals surface area contributed by atoms with Crippen molar-refractivity contribution in [2.45, 2.75) is 19.4 Å². The van der Waals surface area contributed by atoms with E-state index in [0.29, 0.717) is 23.4 Å². The van der Waals surface area contributed by atoms with E-state index in [1.165, 1.54) is 0 Å². The van der Waals surface area contributed by atoms with Gasteiger partial charge < -0.3 is 10.4 Å². The minimum atomic E-state index is -1.01. The van der Waals surface area contributed by atoms with Crippen LogP contribution >= 0.6 is 11.8 Å². The van der Waals surface area contributed by atoms with Crippen molar-refractivity contribution in [3.63, 3.8) is 0 Å². The van der Waals surface area contributed by atoms with Crippen LogP contribution in [0.15, 0.2) is 18.3 Å². The summed E-state index contributed by atoms with van der Waals surface area (Å²) < 4.78 is 0. The molecular weight excluding hydrogens is 252 g/mol. The second-order valence-corrected chi connectivity index (χ2v) is 4.77. The fourth-order valence-corrected chi connectivity index (χ4v) is 1.92. The van der Waals surface area contributed by atoms with Crippen molar-refractivity contribution >= 4 is 23.6 Å². The Labute approximate surface area is 110 Å². The van der Waals surface area contributed by atoms with E-state index >= 15 is 0 Å². The van der Waals surface area contributed by atoms with Gasteiger partial charge >= 0.3 is 5.97 Å². The van der Waals surface area contributed by atoms with Gasteiger partial charge in [0.25, 0.3) is 5.91 Å². The first-order valence-corrected chi connectivity index (χ1v) is 6.90. The van der Waals surface area contributed by atoms with Gasteiger partial charge in [-0.3, -0.25) is 9.78 Å². The highest BCUT2D eigenvalue weighted by Crippen LogP contribution is 2.06. The second-order valence-electron chi connectivity index (χ2n) is 3.78. The van der Waals surface area contributed by atoms with Crippen LogP contribution in [0.3, 0.4) is 0 Å². The number of amides is 1. The molecule has 1 atom stereocenters. The predicted molar refractivity (Wildman–Crippen MR) is 70.9 cm³/mol. The number of carboxylic acid groups (broad SMARTS) is 1. The van der Waals surface area contributed by atoms with Gasteiger partial charge in [-0.25, -0.2) is 4.79 Å². The third kappa shape index (κ3) is 4.03. The molecule has 5 nitrogen and oxygen atoms in total. The number of rotatable bonds is 6. The zero-order valence-corrected chi connectivity index (χ0v) is 11.2. The van der Waals surface area contributed by atoms with Crippen LogP contribution in [0.2, 0.25) is 0 Å². The first-order chi connectivity index (χ1) is 8.56. The largest absolute Gasteiger partial charge is 0.480 e. The molecule has 0 unspecified atom stereocenters. The molecule has 1 amide bonds. The molecule has 0 spiro atoms. The van der Waals surface area contributed by atoms with Gasteiger partial charge in [-0.1, -0.05) is 0 Å². The van der Waals surface area contributed by atoms with Crippen LogP contribution in [-0.2, 0) is 4.79 Å². The van der Waals surface area contributed by atoms with Gasteiger partial charge in [-0.05, 0) is 37.5 Å². The van der Waals surface area contributed by atoms with E-state index in [0.717, 1.165) is 0 Å². The van der Waals surface area contributed by atoms with Gasteiger partial charge in [-0.2, -0.15) is 11.8 Å². The lowest BCUT2D eigenvalue weighted by Gasteiger charge is -2.14. The average molecular weight is 268 g/mol. The zero-order valence-electron chi connectivity index (χ0n) is 10.3. The van der Waals surface area contributed by atoms with Gasteiger partial charge in [0, 0.05) is 11.9 Å². The van der Waals surface area contributed by atoms with E-state index < -0.39 is 17.9 Å². The van der Waals surface area contributed by atoms with Crippen LogP contribution in [0.5, 0.6) is 0 Å². The summed E-state index contributed by atoms with van der Waals surface area (Å²) in [6.07, 6.45) is 3.89. The molecule has 1 rings (SSSR count). The summed E-state index contributed by atoms with van der Waals surface area (Å²) in [6, 6.07) is 2.43. The van der Waals surface area contributed by atoms with E-state index in [9.17, 15) is 9.59 Å². The smallest absolute Gasteiger partial charge is 0.326 e. The lowest BCUT2D eigenvalue weighted by molar-refractivity contribution is -0.139. The third-order valence-corrected chi connectivity index (χ3v) is 3.11. The highest BCUT2D eigenvalue weighted by molar-refractivity contribution is 7.98. The molecule has 1 aromatic heterocycles. The molecule has 0 aliphatic carbocycles. The monoisotopic (exact) mass is 268 g/mol. The fourth-order valence-electron chi connectivity index (χ4n) is 1.45. The molecule has 6 heteroatoms. The quantitative estimate of drug-likeness (QED) is 0.813. The molecule has 0 fully saturated rings. The van der Waals surface area contributed by atoms with Crippen molar-refractivity contribution < 1.29 is 14.7 Å². The molecule has 0 radical (unpaired) electrons. The molecule has 0 bridgehead atoms. The molecule has 1 aromatic rings.